The maximum atomic E-state index is 6.04. The second-order valence-corrected chi connectivity index (χ2v) is 6.60. The summed E-state index contributed by atoms with van der Waals surface area (Å²) in [7, 11) is 1.67. The van der Waals surface area contributed by atoms with Crippen LogP contribution in [0.3, 0.4) is 0 Å². The predicted octanol–water partition coefficient (Wildman–Crippen LogP) is 4.73. The number of ether oxygens (including phenoxy) is 3. The van der Waals surface area contributed by atoms with Crippen LogP contribution in [0.25, 0.3) is 0 Å². The minimum atomic E-state index is -0.122. The quantitative estimate of drug-likeness (QED) is 0.680. The number of hydrogen-bond acceptors (Lipinski definition) is 3. The molecule has 0 aliphatic carbocycles. The van der Waals surface area contributed by atoms with Crippen molar-refractivity contribution in [2.45, 2.75) is 10.9 Å². The number of halogens is 2. The van der Waals surface area contributed by atoms with Crippen molar-refractivity contribution in [3.8, 4) is 17.2 Å². The highest BCUT2D eigenvalue weighted by Gasteiger charge is 2.30. The fraction of sp³-hybridized carbons (Fsp3) is 0.250. The van der Waals surface area contributed by atoms with Crippen molar-refractivity contribution in [1.82, 2.24) is 0 Å². The largest absolute Gasteiger partial charge is 0.496 e. The molecule has 2 aromatic rings. The molecule has 1 aliphatic rings. The maximum Gasteiger partial charge on any atom is 0.161 e. The van der Waals surface area contributed by atoms with E-state index in [2.05, 4.69) is 31.9 Å². The van der Waals surface area contributed by atoms with Gasteiger partial charge in [0.25, 0.3) is 0 Å². The second kappa shape index (κ2) is 6.28. The summed E-state index contributed by atoms with van der Waals surface area (Å²) in [5.74, 6) is 2.38. The van der Waals surface area contributed by atoms with Crippen molar-refractivity contribution >= 4 is 31.9 Å². The van der Waals surface area contributed by atoms with Crippen molar-refractivity contribution in [3.63, 3.8) is 0 Å². The van der Waals surface area contributed by atoms with Gasteiger partial charge < -0.3 is 14.2 Å². The van der Waals surface area contributed by atoms with E-state index in [9.17, 15) is 0 Å². The summed E-state index contributed by atoms with van der Waals surface area (Å²) in [6.07, 6.45) is -0.122. The summed E-state index contributed by atoms with van der Waals surface area (Å²) >= 11 is 7.21. The van der Waals surface area contributed by atoms with Crippen LogP contribution in [0.5, 0.6) is 17.2 Å². The van der Waals surface area contributed by atoms with E-state index in [0.29, 0.717) is 6.61 Å². The van der Waals surface area contributed by atoms with Gasteiger partial charge in [-0.25, -0.2) is 0 Å². The molecule has 0 spiro atoms. The molecule has 0 N–H and O–H groups in total. The third-order valence-corrected chi connectivity index (χ3v) is 4.92. The zero-order valence-electron chi connectivity index (χ0n) is 11.4. The Morgan fingerprint density at radius 1 is 1.19 bits per heavy atom. The Morgan fingerprint density at radius 3 is 2.71 bits per heavy atom. The van der Waals surface area contributed by atoms with Crippen LogP contribution in [0.15, 0.2) is 46.9 Å². The van der Waals surface area contributed by atoms with Gasteiger partial charge in [-0.05, 0) is 30.3 Å². The molecule has 0 saturated carbocycles. The van der Waals surface area contributed by atoms with Gasteiger partial charge in [0.1, 0.15) is 18.5 Å². The lowest BCUT2D eigenvalue weighted by Crippen LogP contribution is -2.32. The summed E-state index contributed by atoms with van der Waals surface area (Å²) in [4.78, 5) is -0.0293. The summed E-state index contributed by atoms with van der Waals surface area (Å²) in [5, 5.41) is 0. The first-order chi connectivity index (χ1) is 10.2. The van der Waals surface area contributed by atoms with E-state index in [4.69, 9.17) is 14.2 Å². The van der Waals surface area contributed by atoms with E-state index in [1.165, 1.54) is 0 Å². The zero-order valence-corrected chi connectivity index (χ0v) is 14.6. The summed E-state index contributed by atoms with van der Waals surface area (Å²) < 4.78 is 18.3. The van der Waals surface area contributed by atoms with E-state index >= 15 is 0 Å². The number of para-hydroxylation sites is 2. The average molecular weight is 414 g/mol. The van der Waals surface area contributed by atoms with Crippen molar-refractivity contribution in [1.29, 1.82) is 0 Å². The first kappa shape index (κ1) is 14.7. The molecule has 3 nitrogen and oxygen atoms in total. The van der Waals surface area contributed by atoms with Gasteiger partial charge in [-0.1, -0.05) is 44.0 Å². The molecule has 0 saturated heterocycles. The van der Waals surface area contributed by atoms with Crippen LogP contribution < -0.4 is 14.2 Å². The number of alkyl halides is 1. The molecule has 0 radical (unpaired) electrons. The van der Waals surface area contributed by atoms with Crippen LogP contribution in [-0.2, 0) is 0 Å². The van der Waals surface area contributed by atoms with Crippen molar-refractivity contribution < 1.29 is 14.2 Å². The normalized spacial score (nSPS) is 18.1. The highest BCUT2D eigenvalue weighted by molar-refractivity contribution is 9.10. The molecule has 0 fully saturated rings. The lowest BCUT2D eigenvalue weighted by Gasteiger charge is -2.30. The van der Waals surface area contributed by atoms with Gasteiger partial charge in [0.05, 0.1) is 11.9 Å². The number of benzene rings is 2. The Balaban J connectivity index is 1.87. The number of methoxy groups -OCH3 is 1. The summed E-state index contributed by atoms with van der Waals surface area (Å²) in [5.41, 5.74) is 1.03. The Morgan fingerprint density at radius 2 is 1.95 bits per heavy atom. The van der Waals surface area contributed by atoms with E-state index < -0.39 is 0 Å². The molecule has 0 amide bonds. The molecular weight excluding hydrogens is 400 g/mol. The third-order valence-electron chi connectivity index (χ3n) is 3.35. The first-order valence-corrected chi connectivity index (χ1v) is 8.26. The Hall–Kier alpha value is -1.20. The third kappa shape index (κ3) is 3.04. The van der Waals surface area contributed by atoms with E-state index in [1.807, 2.05) is 42.5 Å². The number of hydrogen-bond donors (Lipinski definition) is 0. The van der Waals surface area contributed by atoms with Crippen molar-refractivity contribution in [3.05, 3.63) is 52.5 Å². The van der Waals surface area contributed by atoms with Gasteiger partial charge in [-0.3, -0.25) is 0 Å². The highest BCUT2D eigenvalue weighted by Crippen LogP contribution is 2.40. The molecule has 3 rings (SSSR count). The summed E-state index contributed by atoms with van der Waals surface area (Å²) in [6.45, 7) is 0.489. The highest BCUT2D eigenvalue weighted by atomic mass is 79.9. The Labute approximate surface area is 140 Å². The van der Waals surface area contributed by atoms with Crippen LogP contribution in [0.2, 0.25) is 0 Å². The van der Waals surface area contributed by atoms with Crippen LogP contribution >= 0.6 is 31.9 Å². The van der Waals surface area contributed by atoms with Crippen molar-refractivity contribution in [2.75, 3.05) is 13.7 Å². The smallest absolute Gasteiger partial charge is 0.161 e. The van der Waals surface area contributed by atoms with E-state index in [0.717, 1.165) is 27.3 Å². The van der Waals surface area contributed by atoms with Crippen molar-refractivity contribution in [2.24, 2.45) is 0 Å². The minimum absolute atomic E-state index is 0.0293. The molecule has 5 heteroatoms. The molecular formula is C16H14Br2O3. The van der Waals surface area contributed by atoms with Gasteiger partial charge in [-0.2, -0.15) is 0 Å². The molecule has 0 aromatic heterocycles. The Bertz CT molecular complexity index is 645. The fourth-order valence-electron chi connectivity index (χ4n) is 2.30. The molecule has 21 heavy (non-hydrogen) atoms. The fourth-order valence-corrected chi connectivity index (χ4v) is 3.30. The molecule has 2 atom stereocenters. The van der Waals surface area contributed by atoms with Crippen LogP contribution in [0, 0.1) is 0 Å². The van der Waals surface area contributed by atoms with Gasteiger partial charge >= 0.3 is 0 Å². The van der Waals surface area contributed by atoms with Gasteiger partial charge in [0.2, 0.25) is 0 Å². The van der Waals surface area contributed by atoms with Crippen LogP contribution in [0.4, 0.5) is 0 Å². The first-order valence-electron chi connectivity index (χ1n) is 6.55. The lowest BCUT2D eigenvalue weighted by molar-refractivity contribution is 0.0900. The maximum absolute atomic E-state index is 6.04. The van der Waals surface area contributed by atoms with Crippen LogP contribution in [-0.4, -0.2) is 19.8 Å². The van der Waals surface area contributed by atoms with Gasteiger partial charge in [-0.15, -0.1) is 0 Å². The Kier molecular flexibility index (Phi) is 4.40. The molecule has 1 aliphatic heterocycles. The second-order valence-electron chi connectivity index (χ2n) is 4.70. The topological polar surface area (TPSA) is 27.7 Å². The van der Waals surface area contributed by atoms with Crippen LogP contribution in [0.1, 0.15) is 10.4 Å². The predicted molar refractivity (Wildman–Crippen MR) is 88.7 cm³/mol. The minimum Gasteiger partial charge on any atom is -0.496 e. The van der Waals surface area contributed by atoms with Gasteiger partial charge in [0, 0.05) is 10.0 Å². The van der Waals surface area contributed by atoms with E-state index in [-0.39, 0.29) is 10.9 Å². The molecule has 1 heterocycles. The molecule has 110 valence electrons. The zero-order chi connectivity index (χ0) is 14.8. The molecule has 2 unspecified atom stereocenters. The molecule has 2 aromatic carbocycles. The molecule has 0 bridgehead atoms. The monoisotopic (exact) mass is 412 g/mol. The standard InChI is InChI=1S/C16H14Br2O3/c1-19-12-7-6-10(17)8-11(12)16(18)15-9-20-13-4-2-3-5-14(13)21-15/h2-8,15-16H,9H2,1H3. The SMILES string of the molecule is COc1ccc(Br)cc1C(Br)C1COc2ccccc2O1. The summed E-state index contributed by atoms with van der Waals surface area (Å²) in [6, 6.07) is 13.6. The van der Waals surface area contributed by atoms with Gasteiger partial charge in [0.15, 0.2) is 11.5 Å². The number of rotatable bonds is 3. The number of fused-ring (bicyclic) bond motifs is 1. The average Bonchev–Trinajstić information content (AvgIpc) is 2.53. The lowest BCUT2D eigenvalue weighted by atomic mass is 10.1. The van der Waals surface area contributed by atoms with E-state index in [1.54, 1.807) is 7.11 Å².